The van der Waals surface area contributed by atoms with Crippen molar-refractivity contribution in [3.63, 3.8) is 0 Å². The fourth-order valence-corrected chi connectivity index (χ4v) is 1.96. The number of hydrogen-bond acceptors (Lipinski definition) is 4. The minimum atomic E-state index is -0.509. The summed E-state index contributed by atoms with van der Waals surface area (Å²) in [5.41, 5.74) is 1.31. The largest absolute Gasteiger partial charge is 0.465 e. The predicted octanol–water partition coefficient (Wildman–Crippen LogP) is 2.70. The third kappa shape index (κ3) is 3.79. The molecular formula is C15H13ClN2O3. The molecule has 21 heavy (non-hydrogen) atoms. The van der Waals surface area contributed by atoms with Crippen LogP contribution in [0.25, 0.3) is 0 Å². The second-order valence-electron chi connectivity index (χ2n) is 4.23. The Balaban J connectivity index is 2.14. The molecule has 0 atom stereocenters. The second kappa shape index (κ2) is 6.85. The Bertz CT molecular complexity index is 673. The lowest BCUT2D eigenvalue weighted by Crippen LogP contribution is -2.17. The van der Waals surface area contributed by atoms with Gasteiger partial charge in [-0.2, -0.15) is 0 Å². The average molecular weight is 305 g/mol. The Morgan fingerprint density at radius 2 is 2.05 bits per heavy atom. The molecule has 0 spiro atoms. The van der Waals surface area contributed by atoms with E-state index in [2.05, 4.69) is 15.0 Å². The van der Waals surface area contributed by atoms with Crippen molar-refractivity contribution in [1.82, 2.24) is 4.98 Å². The molecule has 1 aromatic heterocycles. The number of halogens is 1. The third-order valence-corrected chi connectivity index (χ3v) is 3.17. The van der Waals surface area contributed by atoms with E-state index < -0.39 is 5.97 Å². The lowest BCUT2D eigenvalue weighted by Gasteiger charge is -2.10. The highest BCUT2D eigenvalue weighted by atomic mass is 35.5. The smallest absolute Gasteiger partial charge is 0.339 e. The third-order valence-electron chi connectivity index (χ3n) is 2.80. The van der Waals surface area contributed by atoms with Gasteiger partial charge in [-0.3, -0.25) is 9.78 Å². The molecule has 0 aliphatic rings. The highest BCUT2D eigenvalue weighted by Crippen LogP contribution is 2.18. The maximum atomic E-state index is 12.0. The van der Waals surface area contributed by atoms with Gasteiger partial charge in [-0.25, -0.2) is 4.79 Å². The number of carbonyl (C=O) groups is 2. The molecule has 0 saturated carbocycles. The number of rotatable bonds is 4. The Hall–Kier alpha value is -2.40. The highest BCUT2D eigenvalue weighted by molar-refractivity contribution is 6.31. The minimum absolute atomic E-state index is 0.0716. The summed E-state index contributed by atoms with van der Waals surface area (Å²) >= 11 is 5.98. The fourth-order valence-electron chi connectivity index (χ4n) is 1.79. The van der Waals surface area contributed by atoms with Gasteiger partial charge >= 0.3 is 5.97 Å². The molecule has 0 unspecified atom stereocenters. The number of aromatic nitrogens is 1. The van der Waals surface area contributed by atoms with Gasteiger partial charge in [-0.15, -0.1) is 0 Å². The van der Waals surface area contributed by atoms with Crippen molar-refractivity contribution in [1.29, 1.82) is 0 Å². The molecule has 1 amide bonds. The zero-order valence-corrected chi connectivity index (χ0v) is 12.1. The molecule has 0 saturated heterocycles. The molecule has 0 fully saturated rings. The summed E-state index contributed by atoms with van der Waals surface area (Å²) in [6.45, 7) is 0. The zero-order chi connectivity index (χ0) is 15.2. The molecule has 0 aliphatic carbocycles. The molecule has 108 valence electrons. The van der Waals surface area contributed by atoms with Crippen molar-refractivity contribution in [2.75, 3.05) is 12.4 Å². The van der Waals surface area contributed by atoms with Gasteiger partial charge in [-0.05, 0) is 23.8 Å². The van der Waals surface area contributed by atoms with Crippen LogP contribution in [0.2, 0.25) is 5.02 Å². The van der Waals surface area contributed by atoms with Gasteiger partial charge in [0.1, 0.15) is 0 Å². The van der Waals surface area contributed by atoms with Gasteiger partial charge < -0.3 is 10.1 Å². The van der Waals surface area contributed by atoms with Crippen molar-refractivity contribution in [2.45, 2.75) is 6.42 Å². The Labute approximate surface area is 126 Å². The first kappa shape index (κ1) is 15.0. The summed E-state index contributed by atoms with van der Waals surface area (Å²) < 4.78 is 4.67. The van der Waals surface area contributed by atoms with Crippen LogP contribution in [0, 0.1) is 0 Å². The number of amides is 1. The van der Waals surface area contributed by atoms with Crippen LogP contribution in [0.5, 0.6) is 0 Å². The van der Waals surface area contributed by atoms with E-state index in [4.69, 9.17) is 11.6 Å². The van der Waals surface area contributed by atoms with Gasteiger partial charge in [0.05, 0.1) is 24.8 Å². The highest BCUT2D eigenvalue weighted by Gasteiger charge is 2.14. The van der Waals surface area contributed by atoms with E-state index in [0.29, 0.717) is 21.8 Å². The van der Waals surface area contributed by atoms with Crippen molar-refractivity contribution in [3.8, 4) is 0 Å². The topological polar surface area (TPSA) is 68.3 Å². The summed E-state index contributed by atoms with van der Waals surface area (Å²) in [5.74, 6) is -0.799. The molecule has 0 radical (unpaired) electrons. The number of pyridine rings is 1. The van der Waals surface area contributed by atoms with E-state index >= 15 is 0 Å². The Kier molecular flexibility index (Phi) is 4.90. The van der Waals surface area contributed by atoms with Crippen LogP contribution in [0.15, 0.2) is 42.7 Å². The molecular weight excluding hydrogens is 292 g/mol. The standard InChI is InChI=1S/C15H13ClN2O3/c1-21-15(20)11-4-2-3-5-13(11)18-14(19)8-10-9-17-7-6-12(10)16/h2-7,9H,8H2,1H3,(H,18,19). The van der Waals surface area contributed by atoms with Crippen LogP contribution < -0.4 is 5.32 Å². The lowest BCUT2D eigenvalue weighted by molar-refractivity contribution is -0.115. The molecule has 5 nitrogen and oxygen atoms in total. The first-order valence-electron chi connectivity index (χ1n) is 6.17. The number of ether oxygens (including phenoxy) is 1. The van der Waals surface area contributed by atoms with E-state index in [9.17, 15) is 9.59 Å². The average Bonchev–Trinajstić information content (AvgIpc) is 2.49. The molecule has 0 bridgehead atoms. The Morgan fingerprint density at radius 1 is 1.29 bits per heavy atom. The summed E-state index contributed by atoms with van der Waals surface area (Å²) in [7, 11) is 1.29. The van der Waals surface area contributed by atoms with E-state index in [1.165, 1.54) is 13.3 Å². The van der Waals surface area contributed by atoms with Crippen LogP contribution in [-0.4, -0.2) is 24.0 Å². The van der Waals surface area contributed by atoms with Crippen molar-refractivity contribution >= 4 is 29.2 Å². The number of hydrogen-bond donors (Lipinski definition) is 1. The maximum absolute atomic E-state index is 12.0. The van der Waals surface area contributed by atoms with Crippen LogP contribution in [0.3, 0.4) is 0 Å². The van der Waals surface area contributed by atoms with Crippen LogP contribution in [0.4, 0.5) is 5.69 Å². The van der Waals surface area contributed by atoms with Crippen molar-refractivity contribution in [3.05, 3.63) is 58.9 Å². The van der Waals surface area contributed by atoms with Crippen LogP contribution >= 0.6 is 11.6 Å². The van der Waals surface area contributed by atoms with E-state index in [-0.39, 0.29) is 12.3 Å². The second-order valence-corrected chi connectivity index (χ2v) is 4.64. The maximum Gasteiger partial charge on any atom is 0.339 e. The van der Waals surface area contributed by atoms with E-state index in [1.807, 2.05) is 0 Å². The number of para-hydroxylation sites is 1. The van der Waals surface area contributed by atoms with Gasteiger partial charge in [0.25, 0.3) is 0 Å². The van der Waals surface area contributed by atoms with Crippen molar-refractivity contribution < 1.29 is 14.3 Å². The normalized spacial score (nSPS) is 10.0. The summed E-state index contributed by atoms with van der Waals surface area (Å²) in [5, 5.41) is 3.15. The van der Waals surface area contributed by atoms with E-state index in [1.54, 1.807) is 36.5 Å². The molecule has 1 N–H and O–H groups in total. The van der Waals surface area contributed by atoms with Gasteiger partial charge in [0.15, 0.2) is 0 Å². The number of methoxy groups -OCH3 is 1. The quantitative estimate of drug-likeness (QED) is 0.882. The molecule has 6 heteroatoms. The fraction of sp³-hybridized carbons (Fsp3) is 0.133. The molecule has 2 aromatic rings. The number of esters is 1. The number of benzene rings is 1. The van der Waals surface area contributed by atoms with Gasteiger partial charge in [0.2, 0.25) is 5.91 Å². The summed E-state index contributed by atoms with van der Waals surface area (Å²) in [4.78, 5) is 27.6. The van der Waals surface area contributed by atoms with Crippen molar-refractivity contribution in [2.24, 2.45) is 0 Å². The Morgan fingerprint density at radius 3 is 2.76 bits per heavy atom. The number of nitrogens with one attached hydrogen (secondary N) is 1. The monoisotopic (exact) mass is 304 g/mol. The number of carbonyl (C=O) groups excluding carboxylic acids is 2. The zero-order valence-electron chi connectivity index (χ0n) is 11.3. The number of nitrogens with zero attached hydrogens (tertiary/aromatic N) is 1. The summed E-state index contributed by atoms with van der Waals surface area (Å²) in [6.07, 6.45) is 3.16. The first-order valence-corrected chi connectivity index (χ1v) is 6.55. The minimum Gasteiger partial charge on any atom is -0.465 e. The predicted molar refractivity (Wildman–Crippen MR) is 79.4 cm³/mol. The molecule has 2 rings (SSSR count). The molecule has 0 aliphatic heterocycles. The van der Waals surface area contributed by atoms with E-state index in [0.717, 1.165) is 0 Å². The molecule has 1 aromatic carbocycles. The first-order chi connectivity index (χ1) is 10.1. The van der Waals surface area contributed by atoms with Gasteiger partial charge in [-0.1, -0.05) is 23.7 Å². The lowest BCUT2D eigenvalue weighted by atomic mass is 10.1. The van der Waals surface area contributed by atoms with Gasteiger partial charge in [0, 0.05) is 17.4 Å². The SMILES string of the molecule is COC(=O)c1ccccc1NC(=O)Cc1cnccc1Cl. The number of anilines is 1. The van der Waals surface area contributed by atoms with Crippen LogP contribution in [0.1, 0.15) is 15.9 Å². The molecule has 1 heterocycles. The summed E-state index contributed by atoms with van der Waals surface area (Å²) in [6, 6.07) is 8.25. The van der Waals surface area contributed by atoms with Crippen LogP contribution in [-0.2, 0) is 16.0 Å².